The lowest BCUT2D eigenvalue weighted by Gasteiger charge is -2.40. The summed E-state index contributed by atoms with van der Waals surface area (Å²) in [5, 5.41) is 0. The van der Waals surface area contributed by atoms with Gasteiger partial charge in [-0.1, -0.05) is 17.7 Å². The first-order chi connectivity index (χ1) is 5.77. The molecule has 1 aliphatic rings. The highest BCUT2D eigenvalue weighted by Gasteiger charge is 2.22. The second kappa shape index (κ2) is 2.81. The Morgan fingerprint density at radius 2 is 1.92 bits per heavy atom. The van der Waals surface area contributed by atoms with E-state index in [4.69, 9.17) is 0 Å². The van der Waals surface area contributed by atoms with Gasteiger partial charge in [0.05, 0.1) is 0 Å². The van der Waals surface area contributed by atoms with Gasteiger partial charge in [-0.3, -0.25) is 0 Å². The van der Waals surface area contributed by atoms with Crippen molar-refractivity contribution < 1.29 is 0 Å². The first-order valence-electron chi connectivity index (χ1n) is 4.60. The molecule has 0 N–H and O–H groups in total. The SMILES string of the molecule is Cc1ccc(N2CCC2C)cc1. The molecule has 64 valence electrons. The van der Waals surface area contributed by atoms with Crippen LogP contribution in [0.15, 0.2) is 24.3 Å². The molecule has 0 radical (unpaired) electrons. The van der Waals surface area contributed by atoms with Crippen molar-refractivity contribution in [1.82, 2.24) is 0 Å². The molecule has 1 aliphatic heterocycles. The summed E-state index contributed by atoms with van der Waals surface area (Å²) in [6, 6.07) is 9.53. The van der Waals surface area contributed by atoms with Gasteiger partial charge >= 0.3 is 0 Å². The summed E-state index contributed by atoms with van der Waals surface area (Å²) in [6.07, 6.45) is 1.34. The lowest BCUT2D eigenvalue weighted by molar-refractivity contribution is 0.481. The smallest absolute Gasteiger partial charge is 0.0368 e. The van der Waals surface area contributed by atoms with Crippen LogP contribution in [0.25, 0.3) is 0 Å². The van der Waals surface area contributed by atoms with Crippen molar-refractivity contribution in [2.24, 2.45) is 0 Å². The number of hydrogen-bond acceptors (Lipinski definition) is 1. The molecule has 1 aromatic rings. The Morgan fingerprint density at radius 3 is 2.33 bits per heavy atom. The Bertz CT molecular complexity index is 263. The number of hydrogen-bond donors (Lipinski definition) is 0. The second-order valence-electron chi connectivity index (χ2n) is 3.67. The molecule has 0 aliphatic carbocycles. The van der Waals surface area contributed by atoms with E-state index in [1.54, 1.807) is 0 Å². The van der Waals surface area contributed by atoms with Crippen LogP contribution in [0.5, 0.6) is 0 Å². The molecule has 0 bridgehead atoms. The summed E-state index contributed by atoms with van der Waals surface area (Å²) in [5.41, 5.74) is 2.71. The summed E-state index contributed by atoms with van der Waals surface area (Å²) in [7, 11) is 0. The van der Waals surface area contributed by atoms with E-state index in [-0.39, 0.29) is 0 Å². The van der Waals surface area contributed by atoms with Crippen LogP contribution in [0.1, 0.15) is 18.9 Å². The van der Waals surface area contributed by atoms with Gasteiger partial charge in [0.1, 0.15) is 0 Å². The first-order valence-corrected chi connectivity index (χ1v) is 4.60. The zero-order chi connectivity index (χ0) is 8.55. The third-order valence-electron chi connectivity index (χ3n) is 2.69. The lowest BCUT2D eigenvalue weighted by atomic mass is 10.0. The molecule has 2 rings (SSSR count). The van der Waals surface area contributed by atoms with Gasteiger partial charge in [-0.25, -0.2) is 0 Å². The van der Waals surface area contributed by atoms with E-state index in [0.717, 1.165) is 6.04 Å². The van der Waals surface area contributed by atoms with Crippen LogP contribution in [0.4, 0.5) is 5.69 Å². The number of rotatable bonds is 1. The maximum Gasteiger partial charge on any atom is 0.0368 e. The molecule has 1 aromatic carbocycles. The molecule has 1 saturated heterocycles. The number of anilines is 1. The summed E-state index contributed by atoms with van der Waals surface area (Å²) in [4.78, 5) is 2.44. The van der Waals surface area contributed by atoms with Gasteiger partial charge in [0.25, 0.3) is 0 Å². The van der Waals surface area contributed by atoms with Gasteiger partial charge in [-0.05, 0) is 32.4 Å². The van der Waals surface area contributed by atoms with Gasteiger partial charge in [-0.15, -0.1) is 0 Å². The highest BCUT2D eigenvalue weighted by molar-refractivity contribution is 5.50. The molecule has 0 saturated carbocycles. The van der Waals surface area contributed by atoms with Gasteiger partial charge in [0, 0.05) is 18.3 Å². The van der Waals surface area contributed by atoms with Crippen LogP contribution in [-0.2, 0) is 0 Å². The fourth-order valence-electron chi connectivity index (χ4n) is 1.64. The molecule has 1 fully saturated rings. The molecule has 1 atom stereocenters. The summed E-state index contributed by atoms with van der Waals surface area (Å²) in [5.74, 6) is 0. The fourth-order valence-corrected chi connectivity index (χ4v) is 1.64. The van der Waals surface area contributed by atoms with Gasteiger partial charge < -0.3 is 4.90 Å². The van der Waals surface area contributed by atoms with Crippen molar-refractivity contribution in [2.45, 2.75) is 26.3 Å². The molecular formula is C11H15N. The molecule has 12 heavy (non-hydrogen) atoms. The minimum atomic E-state index is 0.743. The van der Waals surface area contributed by atoms with Gasteiger partial charge in [-0.2, -0.15) is 0 Å². The largest absolute Gasteiger partial charge is 0.369 e. The zero-order valence-corrected chi connectivity index (χ0v) is 7.75. The Balaban J connectivity index is 2.18. The van der Waals surface area contributed by atoms with Crippen molar-refractivity contribution in [1.29, 1.82) is 0 Å². The number of benzene rings is 1. The molecule has 0 aromatic heterocycles. The third-order valence-corrected chi connectivity index (χ3v) is 2.69. The van der Waals surface area contributed by atoms with E-state index in [9.17, 15) is 0 Å². The normalized spacial score (nSPS) is 22.2. The standard InChI is InChI=1S/C11H15N/c1-9-3-5-11(6-4-9)12-8-7-10(12)2/h3-6,10H,7-8H2,1-2H3. The van der Waals surface area contributed by atoms with E-state index in [1.165, 1.54) is 24.2 Å². The number of nitrogens with zero attached hydrogens (tertiary/aromatic N) is 1. The quantitative estimate of drug-likeness (QED) is 0.612. The summed E-state index contributed by atoms with van der Waals surface area (Å²) in [6.45, 7) is 5.64. The van der Waals surface area contributed by atoms with E-state index in [0.29, 0.717) is 0 Å². The van der Waals surface area contributed by atoms with Crippen LogP contribution in [-0.4, -0.2) is 12.6 Å². The van der Waals surface area contributed by atoms with Crippen LogP contribution in [0.3, 0.4) is 0 Å². The third kappa shape index (κ3) is 1.20. The molecule has 0 amide bonds. The van der Waals surface area contributed by atoms with Crippen molar-refractivity contribution in [3.05, 3.63) is 29.8 Å². The van der Waals surface area contributed by atoms with Crippen LogP contribution < -0.4 is 4.90 Å². The Kier molecular flexibility index (Phi) is 1.80. The van der Waals surface area contributed by atoms with Crippen LogP contribution in [0, 0.1) is 6.92 Å². The van der Waals surface area contributed by atoms with Gasteiger partial charge in [0.15, 0.2) is 0 Å². The molecule has 1 heteroatoms. The molecule has 1 unspecified atom stereocenters. The maximum absolute atomic E-state index is 2.44. The van der Waals surface area contributed by atoms with Crippen molar-refractivity contribution in [3.63, 3.8) is 0 Å². The molecule has 0 spiro atoms. The Hall–Kier alpha value is -0.980. The van der Waals surface area contributed by atoms with Crippen LogP contribution in [0.2, 0.25) is 0 Å². The van der Waals surface area contributed by atoms with E-state index >= 15 is 0 Å². The van der Waals surface area contributed by atoms with Crippen molar-refractivity contribution >= 4 is 5.69 Å². The van der Waals surface area contributed by atoms with E-state index in [2.05, 4.69) is 43.0 Å². The van der Waals surface area contributed by atoms with E-state index < -0.39 is 0 Å². The zero-order valence-electron chi connectivity index (χ0n) is 7.75. The Morgan fingerprint density at radius 1 is 1.25 bits per heavy atom. The topological polar surface area (TPSA) is 3.24 Å². The minimum Gasteiger partial charge on any atom is -0.369 e. The predicted molar refractivity (Wildman–Crippen MR) is 52.6 cm³/mol. The second-order valence-corrected chi connectivity index (χ2v) is 3.67. The molecule has 1 nitrogen and oxygen atoms in total. The average Bonchev–Trinajstić information content (AvgIpc) is 2.06. The fraction of sp³-hybridized carbons (Fsp3) is 0.455. The molecular weight excluding hydrogens is 146 g/mol. The Labute approximate surface area is 74.0 Å². The minimum absolute atomic E-state index is 0.743. The summed E-state index contributed by atoms with van der Waals surface area (Å²) >= 11 is 0. The maximum atomic E-state index is 2.44. The highest BCUT2D eigenvalue weighted by atomic mass is 15.2. The molecule has 1 heterocycles. The predicted octanol–water partition coefficient (Wildman–Crippen LogP) is 2.59. The number of aryl methyl sites for hydroxylation is 1. The average molecular weight is 161 g/mol. The highest BCUT2D eigenvalue weighted by Crippen LogP contribution is 2.25. The van der Waals surface area contributed by atoms with Crippen molar-refractivity contribution in [2.75, 3.05) is 11.4 Å². The van der Waals surface area contributed by atoms with Crippen LogP contribution >= 0.6 is 0 Å². The van der Waals surface area contributed by atoms with Gasteiger partial charge in [0.2, 0.25) is 0 Å². The monoisotopic (exact) mass is 161 g/mol. The lowest BCUT2D eigenvalue weighted by Crippen LogP contribution is -2.45. The van der Waals surface area contributed by atoms with E-state index in [1.807, 2.05) is 0 Å². The summed E-state index contributed by atoms with van der Waals surface area (Å²) < 4.78 is 0. The first kappa shape index (κ1) is 7.66. The van der Waals surface area contributed by atoms with Crippen molar-refractivity contribution in [3.8, 4) is 0 Å².